The highest BCUT2D eigenvalue weighted by atomic mass is 127. The van der Waals surface area contributed by atoms with Crippen LogP contribution in [-0.2, 0) is 4.79 Å². The number of piperidine rings is 1. The number of nitrogens with two attached hydrogens (primary N) is 1. The zero-order valence-corrected chi connectivity index (χ0v) is 16.4. The molecule has 0 unspecified atom stereocenters. The Bertz CT molecular complexity index is 339. The molecule has 0 radical (unpaired) electrons. The Morgan fingerprint density at radius 2 is 1.91 bits per heavy atom. The Morgan fingerprint density at radius 3 is 2.36 bits per heavy atom. The van der Waals surface area contributed by atoms with Crippen LogP contribution in [0.4, 0.5) is 0 Å². The summed E-state index contributed by atoms with van der Waals surface area (Å²) in [7, 11) is 1.81. The maximum atomic E-state index is 10.9. The lowest BCUT2D eigenvalue weighted by Gasteiger charge is -2.32. The lowest BCUT2D eigenvalue weighted by Crippen LogP contribution is -2.50. The highest BCUT2D eigenvalue weighted by molar-refractivity contribution is 14.0. The van der Waals surface area contributed by atoms with Crippen LogP contribution in [-0.4, -0.2) is 56.0 Å². The molecule has 0 atom stereocenters. The van der Waals surface area contributed by atoms with E-state index in [1.165, 1.54) is 12.8 Å². The molecule has 1 saturated heterocycles. The van der Waals surface area contributed by atoms with Gasteiger partial charge in [0.25, 0.3) is 0 Å². The third kappa shape index (κ3) is 8.17. The van der Waals surface area contributed by atoms with Gasteiger partial charge in [-0.25, -0.2) is 0 Å². The minimum atomic E-state index is -0.246. The smallest absolute Gasteiger partial charge is 0.231 e. The van der Waals surface area contributed by atoms with E-state index in [0.29, 0.717) is 18.5 Å². The number of carbonyl (C=O) groups excluding carboxylic acids is 1. The first-order chi connectivity index (χ1) is 10.1. The molecule has 0 aromatic heterocycles. The Kier molecular flexibility index (Phi) is 11.6. The van der Waals surface area contributed by atoms with Gasteiger partial charge in [0.05, 0.1) is 6.54 Å². The van der Waals surface area contributed by atoms with Crippen molar-refractivity contribution in [3.05, 3.63) is 0 Å². The molecule has 0 aliphatic carbocycles. The van der Waals surface area contributed by atoms with Crippen molar-refractivity contribution in [2.45, 2.75) is 45.6 Å². The molecule has 0 aromatic carbocycles. The van der Waals surface area contributed by atoms with Crippen LogP contribution in [0.5, 0.6) is 0 Å². The molecule has 130 valence electrons. The van der Waals surface area contributed by atoms with E-state index in [1.807, 2.05) is 7.05 Å². The molecule has 22 heavy (non-hydrogen) atoms. The van der Waals surface area contributed by atoms with Gasteiger partial charge < -0.3 is 16.4 Å². The Hall–Kier alpha value is -0.570. The molecule has 4 N–H and O–H groups in total. The number of halogens is 1. The molecular weight excluding hydrogens is 393 g/mol. The van der Waals surface area contributed by atoms with Gasteiger partial charge in [0.1, 0.15) is 0 Å². The lowest BCUT2D eigenvalue weighted by atomic mass is 10.0. The summed E-state index contributed by atoms with van der Waals surface area (Å²) in [5.74, 6) is 1.33. The fraction of sp³-hybridized carbons (Fsp3) is 0.867. The van der Waals surface area contributed by atoms with Crippen LogP contribution in [0.1, 0.15) is 39.5 Å². The summed E-state index contributed by atoms with van der Waals surface area (Å²) in [5, 5.41) is 6.89. The molecule has 1 fully saturated rings. The summed E-state index contributed by atoms with van der Waals surface area (Å²) in [4.78, 5) is 17.3. The molecule has 7 heteroatoms. The molecular formula is C15H32IN5O. The van der Waals surface area contributed by atoms with Gasteiger partial charge in [-0.1, -0.05) is 26.7 Å². The fourth-order valence-corrected chi connectivity index (χ4v) is 2.66. The van der Waals surface area contributed by atoms with E-state index in [2.05, 4.69) is 34.4 Å². The summed E-state index contributed by atoms with van der Waals surface area (Å²) in [6.45, 7) is 7.59. The molecule has 1 amide bonds. The van der Waals surface area contributed by atoms with Crippen molar-refractivity contribution in [3.63, 3.8) is 0 Å². The van der Waals surface area contributed by atoms with E-state index >= 15 is 0 Å². The number of hydrogen-bond acceptors (Lipinski definition) is 3. The van der Waals surface area contributed by atoms with E-state index in [4.69, 9.17) is 5.73 Å². The summed E-state index contributed by atoms with van der Waals surface area (Å²) >= 11 is 0. The van der Waals surface area contributed by atoms with Crippen LogP contribution in [0.25, 0.3) is 0 Å². The van der Waals surface area contributed by atoms with E-state index in [-0.39, 0.29) is 29.9 Å². The van der Waals surface area contributed by atoms with E-state index in [9.17, 15) is 4.79 Å². The predicted molar refractivity (Wildman–Crippen MR) is 103 cm³/mol. The minimum absolute atomic E-state index is 0. The number of carbonyl (C=O) groups is 1. The van der Waals surface area contributed by atoms with Crippen molar-refractivity contribution in [3.8, 4) is 0 Å². The van der Waals surface area contributed by atoms with Gasteiger partial charge in [0.15, 0.2) is 5.96 Å². The number of hydrogen-bond donors (Lipinski definition) is 3. The van der Waals surface area contributed by atoms with Gasteiger partial charge in [-0.2, -0.15) is 0 Å². The highest BCUT2D eigenvalue weighted by Crippen LogP contribution is 2.10. The standard InChI is InChI=1S/C15H31N5O.HI/c1-4-12(5-2)10-18-15(17-3)19-13-6-8-20(9-7-13)11-14(16)21;/h12-13H,4-11H2,1-3H3,(H2,16,21)(H2,17,18,19);1H. The van der Waals surface area contributed by atoms with Crippen LogP contribution >= 0.6 is 24.0 Å². The molecule has 0 saturated carbocycles. The number of amides is 1. The average molecular weight is 425 g/mol. The maximum Gasteiger partial charge on any atom is 0.231 e. The highest BCUT2D eigenvalue weighted by Gasteiger charge is 2.20. The fourth-order valence-electron chi connectivity index (χ4n) is 2.66. The Morgan fingerprint density at radius 1 is 1.32 bits per heavy atom. The number of rotatable bonds is 7. The van der Waals surface area contributed by atoms with Crippen molar-refractivity contribution in [1.82, 2.24) is 15.5 Å². The van der Waals surface area contributed by atoms with E-state index < -0.39 is 0 Å². The van der Waals surface area contributed by atoms with Crippen LogP contribution < -0.4 is 16.4 Å². The normalized spacial score (nSPS) is 17.2. The number of primary amides is 1. The molecule has 1 heterocycles. The van der Waals surface area contributed by atoms with Crippen LogP contribution in [0.2, 0.25) is 0 Å². The van der Waals surface area contributed by atoms with Crippen LogP contribution in [0.3, 0.4) is 0 Å². The summed E-state index contributed by atoms with van der Waals surface area (Å²) in [6, 6.07) is 0.419. The van der Waals surface area contributed by atoms with Crippen molar-refractivity contribution in [1.29, 1.82) is 0 Å². The van der Waals surface area contributed by atoms with Gasteiger partial charge in [-0.15, -0.1) is 24.0 Å². The lowest BCUT2D eigenvalue weighted by molar-refractivity contribution is -0.119. The van der Waals surface area contributed by atoms with Gasteiger partial charge in [0.2, 0.25) is 5.91 Å². The molecule has 0 bridgehead atoms. The first kappa shape index (κ1) is 21.4. The second-order valence-corrected chi connectivity index (χ2v) is 5.80. The van der Waals surface area contributed by atoms with Crippen LogP contribution in [0.15, 0.2) is 4.99 Å². The number of nitrogens with zero attached hydrogens (tertiary/aromatic N) is 2. The van der Waals surface area contributed by atoms with E-state index in [0.717, 1.165) is 38.4 Å². The largest absolute Gasteiger partial charge is 0.369 e. The third-order valence-corrected chi connectivity index (χ3v) is 4.24. The molecule has 1 rings (SSSR count). The zero-order valence-electron chi connectivity index (χ0n) is 14.1. The summed E-state index contributed by atoms with van der Waals surface area (Å²) in [6.07, 6.45) is 4.40. The van der Waals surface area contributed by atoms with Crippen molar-refractivity contribution in [2.75, 3.05) is 33.2 Å². The monoisotopic (exact) mass is 425 g/mol. The zero-order chi connectivity index (χ0) is 15.7. The molecule has 0 aromatic rings. The second-order valence-electron chi connectivity index (χ2n) is 5.80. The van der Waals surface area contributed by atoms with Gasteiger partial charge >= 0.3 is 0 Å². The quantitative estimate of drug-likeness (QED) is 0.325. The Balaban J connectivity index is 0.00000441. The first-order valence-corrected chi connectivity index (χ1v) is 8.06. The summed E-state index contributed by atoms with van der Waals surface area (Å²) < 4.78 is 0. The van der Waals surface area contributed by atoms with Crippen molar-refractivity contribution >= 4 is 35.8 Å². The van der Waals surface area contributed by atoms with E-state index in [1.54, 1.807) is 0 Å². The second kappa shape index (κ2) is 11.9. The van der Waals surface area contributed by atoms with Crippen LogP contribution in [0, 0.1) is 5.92 Å². The third-order valence-electron chi connectivity index (χ3n) is 4.24. The first-order valence-electron chi connectivity index (χ1n) is 8.06. The summed E-state index contributed by atoms with van der Waals surface area (Å²) in [5.41, 5.74) is 5.23. The Labute approximate surface area is 151 Å². The maximum absolute atomic E-state index is 10.9. The van der Waals surface area contributed by atoms with Gasteiger partial charge in [-0.05, 0) is 18.8 Å². The predicted octanol–water partition coefficient (Wildman–Crippen LogP) is 1.16. The van der Waals surface area contributed by atoms with Gasteiger partial charge in [0, 0.05) is 32.7 Å². The van der Waals surface area contributed by atoms with Crippen molar-refractivity contribution in [2.24, 2.45) is 16.6 Å². The SMILES string of the molecule is CCC(CC)CNC(=NC)NC1CCN(CC(N)=O)CC1.I. The average Bonchev–Trinajstić information content (AvgIpc) is 2.48. The molecule has 6 nitrogen and oxygen atoms in total. The number of likely N-dealkylation sites (tertiary alicyclic amines) is 1. The number of guanidine groups is 1. The molecule has 1 aliphatic rings. The molecule has 0 spiro atoms. The van der Waals surface area contributed by atoms with Crippen molar-refractivity contribution < 1.29 is 4.79 Å². The van der Waals surface area contributed by atoms with Gasteiger partial charge in [-0.3, -0.25) is 14.7 Å². The topological polar surface area (TPSA) is 82.8 Å². The molecule has 1 aliphatic heterocycles. The minimum Gasteiger partial charge on any atom is -0.369 e. The number of nitrogens with one attached hydrogen (secondary N) is 2. The number of aliphatic imine (C=N–C) groups is 1.